The van der Waals surface area contributed by atoms with Gasteiger partial charge in [-0.15, -0.1) is 0 Å². The molecule has 0 saturated heterocycles. The number of hydrogen-bond donors (Lipinski definition) is 1. The lowest BCUT2D eigenvalue weighted by Gasteiger charge is -2.18. The lowest BCUT2D eigenvalue weighted by molar-refractivity contribution is 0.501. The van der Waals surface area contributed by atoms with E-state index >= 15 is 0 Å². The molecule has 0 aliphatic heterocycles. The van der Waals surface area contributed by atoms with Gasteiger partial charge in [-0.1, -0.05) is 13.8 Å². The third-order valence-corrected chi connectivity index (χ3v) is 3.49. The van der Waals surface area contributed by atoms with Gasteiger partial charge in [-0.2, -0.15) is 5.10 Å². The van der Waals surface area contributed by atoms with E-state index < -0.39 is 0 Å². The molecule has 0 spiro atoms. The van der Waals surface area contributed by atoms with Crippen molar-refractivity contribution < 1.29 is 4.42 Å². The van der Waals surface area contributed by atoms with Gasteiger partial charge in [0.15, 0.2) is 4.67 Å². The number of nitrogens with zero attached hydrogens (tertiary/aromatic N) is 2. The van der Waals surface area contributed by atoms with E-state index in [9.17, 15) is 0 Å². The Kier molecular flexibility index (Phi) is 4.60. The highest BCUT2D eigenvalue weighted by Crippen LogP contribution is 2.29. The van der Waals surface area contributed by atoms with Gasteiger partial charge in [-0.05, 0) is 41.0 Å². The molecule has 2 aromatic rings. The van der Waals surface area contributed by atoms with Crippen LogP contribution in [0.3, 0.4) is 0 Å². The molecular formula is C13H18BrN3O. The number of hydrogen-bond acceptors (Lipinski definition) is 3. The van der Waals surface area contributed by atoms with Gasteiger partial charge in [0.1, 0.15) is 0 Å². The van der Waals surface area contributed by atoms with Crippen LogP contribution in [0.5, 0.6) is 0 Å². The van der Waals surface area contributed by atoms with Gasteiger partial charge < -0.3 is 9.73 Å². The van der Waals surface area contributed by atoms with Crippen molar-refractivity contribution in [3.05, 3.63) is 40.5 Å². The maximum atomic E-state index is 5.34. The van der Waals surface area contributed by atoms with Crippen LogP contribution in [-0.2, 0) is 6.54 Å². The summed E-state index contributed by atoms with van der Waals surface area (Å²) in [7, 11) is 0. The Morgan fingerprint density at radius 3 is 2.89 bits per heavy atom. The lowest BCUT2D eigenvalue weighted by atomic mass is 10.1. The first-order chi connectivity index (χ1) is 8.77. The molecule has 1 atom stereocenters. The zero-order valence-corrected chi connectivity index (χ0v) is 12.3. The van der Waals surface area contributed by atoms with Crippen LogP contribution in [0.25, 0.3) is 0 Å². The fraction of sp³-hybridized carbons (Fsp3) is 0.462. The summed E-state index contributed by atoms with van der Waals surface area (Å²) >= 11 is 3.45. The molecule has 0 aliphatic carbocycles. The van der Waals surface area contributed by atoms with Crippen molar-refractivity contribution >= 4 is 15.9 Å². The number of nitrogens with one attached hydrogen (secondary N) is 1. The van der Waals surface area contributed by atoms with Crippen molar-refractivity contribution in [2.75, 3.05) is 6.54 Å². The Labute approximate surface area is 115 Å². The van der Waals surface area contributed by atoms with Gasteiger partial charge in [0, 0.05) is 18.3 Å². The molecule has 4 nitrogen and oxygen atoms in total. The summed E-state index contributed by atoms with van der Waals surface area (Å²) in [6.07, 6.45) is 4.62. The van der Waals surface area contributed by atoms with E-state index in [2.05, 4.69) is 46.3 Å². The van der Waals surface area contributed by atoms with E-state index in [0.717, 1.165) is 29.7 Å². The molecule has 0 radical (unpaired) electrons. The zero-order valence-electron chi connectivity index (χ0n) is 10.7. The van der Waals surface area contributed by atoms with Gasteiger partial charge in [-0.3, -0.25) is 4.68 Å². The average Bonchev–Trinajstić information content (AvgIpc) is 2.96. The van der Waals surface area contributed by atoms with Crippen LogP contribution in [0.15, 0.2) is 33.7 Å². The minimum absolute atomic E-state index is 0.108. The number of halogens is 1. The Morgan fingerprint density at radius 2 is 2.28 bits per heavy atom. The van der Waals surface area contributed by atoms with Crippen LogP contribution in [0.2, 0.25) is 0 Å². The first kappa shape index (κ1) is 13.4. The molecule has 2 aromatic heterocycles. The van der Waals surface area contributed by atoms with Gasteiger partial charge in [0.05, 0.1) is 18.0 Å². The number of aromatic nitrogens is 2. The molecule has 0 fully saturated rings. The largest absolute Gasteiger partial charge is 0.457 e. The van der Waals surface area contributed by atoms with E-state index in [1.165, 1.54) is 5.69 Å². The minimum Gasteiger partial charge on any atom is -0.457 e. The second-order valence-electron chi connectivity index (χ2n) is 4.12. The number of aryl methyl sites for hydroxylation is 1. The van der Waals surface area contributed by atoms with E-state index in [0.29, 0.717) is 0 Å². The first-order valence-corrected chi connectivity index (χ1v) is 7.05. The monoisotopic (exact) mass is 311 g/mol. The molecule has 5 heteroatoms. The van der Waals surface area contributed by atoms with Crippen molar-refractivity contribution in [2.24, 2.45) is 0 Å². The van der Waals surface area contributed by atoms with Crippen molar-refractivity contribution in [3.8, 4) is 0 Å². The van der Waals surface area contributed by atoms with E-state index in [1.807, 2.05) is 16.9 Å². The first-order valence-electron chi connectivity index (χ1n) is 6.25. The van der Waals surface area contributed by atoms with Crippen molar-refractivity contribution in [1.82, 2.24) is 15.1 Å². The normalized spacial score (nSPS) is 12.8. The van der Waals surface area contributed by atoms with Gasteiger partial charge in [0.25, 0.3) is 0 Å². The van der Waals surface area contributed by atoms with Crippen molar-refractivity contribution in [3.63, 3.8) is 0 Å². The summed E-state index contributed by atoms with van der Waals surface area (Å²) in [5.74, 6) is 0. The molecule has 18 heavy (non-hydrogen) atoms. The number of rotatable bonds is 6. The summed E-state index contributed by atoms with van der Waals surface area (Å²) in [4.78, 5) is 0. The third-order valence-electron chi connectivity index (χ3n) is 2.85. The summed E-state index contributed by atoms with van der Waals surface area (Å²) in [5, 5.41) is 7.86. The molecule has 0 amide bonds. The van der Waals surface area contributed by atoms with Crippen LogP contribution in [0.1, 0.15) is 37.6 Å². The highest BCUT2D eigenvalue weighted by Gasteiger charge is 2.21. The minimum atomic E-state index is 0.108. The van der Waals surface area contributed by atoms with E-state index in [-0.39, 0.29) is 6.04 Å². The molecule has 0 aromatic carbocycles. The highest BCUT2D eigenvalue weighted by molar-refractivity contribution is 9.10. The van der Waals surface area contributed by atoms with Crippen LogP contribution >= 0.6 is 15.9 Å². The fourth-order valence-corrected chi connectivity index (χ4v) is 2.54. The molecule has 2 rings (SSSR count). The average molecular weight is 312 g/mol. The van der Waals surface area contributed by atoms with Gasteiger partial charge >= 0.3 is 0 Å². The van der Waals surface area contributed by atoms with E-state index in [4.69, 9.17) is 4.42 Å². The van der Waals surface area contributed by atoms with Crippen LogP contribution in [0.4, 0.5) is 0 Å². The summed E-state index contributed by atoms with van der Waals surface area (Å²) < 4.78 is 8.16. The molecule has 0 saturated carbocycles. The highest BCUT2D eigenvalue weighted by atomic mass is 79.9. The summed E-state index contributed by atoms with van der Waals surface area (Å²) in [5.41, 5.74) is 2.27. The Balaban J connectivity index is 2.35. The molecule has 98 valence electrons. The standard InChI is InChI=1S/C13H18BrN3O/c1-3-8-17-11(5-7-16-17)12(15-4-2)10-6-9-18-13(10)14/h5-7,9,12,15H,3-4,8H2,1-2H3. The van der Waals surface area contributed by atoms with Crippen LogP contribution < -0.4 is 5.32 Å². The Hall–Kier alpha value is -1.07. The zero-order chi connectivity index (χ0) is 13.0. The molecule has 0 aliphatic rings. The topological polar surface area (TPSA) is 43.0 Å². The fourth-order valence-electron chi connectivity index (χ4n) is 2.08. The Bertz CT molecular complexity index is 492. The molecule has 0 bridgehead atoms. The quantitative estimate of drug-likeness (QED) is 0.889. The second-order valence-corrected chi connectivity index (χ2v) is 4.84. The molecule has 1 unspecified atom stereocenters. The third kappa shape index (κ3) is 2.67. The molecular weight excluding hydrogens is 294 g/mol. The van der Waals surface area contributed by atoms with Crippen LogP contribution in [0, 0.1) is 0 Å². The maximum Gasteiger partial charge on any atom is 0.174 e. The maximum absolute atomic E-state index is 5.34. The Morgan fingerprint density at radius 1 is 1.44 bits per heavy atom. The van der Waals surface area contributed by atoms with Crippen molar-refractivity contribution in [1.29, 1.82) is 0 Å². The van der Waals surface area contributed by atoms with E-state index in [1.54, 1.807) is 6.26 Å². The molecule has 1 N–H and O–H groups in total. The van der Waals surface area contributed by atoms with Crippen LogP contribution in [-0.4, -0.2) is 16.3 Å². The predicted octanol–water partition coefficient (Wildman–Crippen LogP) is 3.35. The summed E-state index contributed by atoms with van der Waals surface area (Å²) in [6, 6.07) is 4.15. The smallest absolute Gasteiger partial charge is 0.174 e. The summed E-state index contributed by atoms with van der Waals surface area (Å²) in [6.45, 7) is 6.07. The SMILES string of the molecule is CCCn1nccc1C(NCC)c1ccoc1Br. The van der Waals surface area contributed by atoms with Gasteiger partial charge in [0.2, 0.25) is 0 Å². The second kappa shape index (κ2) is 6.20. The number of furan rings is 1. The van der Waals surface area contributed by atoms with Crippen molar-refractivity contribution in [2.45, 2.75) is 32.9 Å². The lowest BCUT2D eigenvalue weighted by Crippen LogP contribution is -2.24. The molecule has 2 heterocycles. The predicted molar refractivity (Wildman–Crippen MR) is 74.4 cm³/mol. The van der Waals surface area contributed by atoms with Gasteiger partial charge in [-0.25, -0.2) is 0 Å².